The Labute approximate surface area is 131 Å². The molecule has 5 heterocycles. The highest BCUT2D eigenvalue weighted by molar-refractivity contribution is 7.38. The molecule has 4 bridgehead atoms. The minimum atomic E-state index is 0.149. The van der Waals surface area contributed by atoms with Crippen molar-refractivity contribution in [2.24, 2.45) is 17.8 Å². The summed E-state index contributed by atoms with van der Waals surface area (Å²) in [5, 5.41) is 6.69. The third-order valence-electron chi connectivity index (χ3n) is 5.46. The van der Waals surface area contributed by atoms with Crippen LogP contribution in [-0.4, -0.2) is 36.5 Å². The molecule has 0 spiro atoms. The number of nitrogens with one attached hydrogen (secondary N) is 1. The molecular formula is C16H18N2OS2. The van der Waals surface area contributed by atoms with Crippen LogP contribution >= 0.6 is 22.7 Å². The summed E-state index contributed by atoms with van der Waals surface area (Å²) in [6, 6.07) is 4.56. The standard InChI is InChI=1S/C16H18N2OS2/c19-15(13-5-10-1-2-20-16(10)21-13)17-14-11-3-9-4-12(14)8-18(6-9)7-11/h1-2,5,9,11-12,14H,3-4,6-8H2,(H,17,19)/t9?,11-,12-,14?/m1/s1. The molecule has 2 atom stereocenters. The molecule has 2 aromatic rings. The average molecular weight is 318 g/mol. The zero-order chi connectivity index (χ0) is 14.0. The monoisotopic (exact) mass is 318 g/mol. The van der Waals surface area contributed by atoms with Gasteiger partial charge in [0.05, 0.1) is 8.89 Å². The molecule has 4 fully saturated rings. The van der Waals surface area contributed by atoms with E-state index in [1.807, 2.05) is 6.07 Å². The summed E-state index contributed by atoms with van der Waals surface area (Å²) in [4.78, 5) is 16.1. The minimum Gasteiger partial charge on any atom is -0.348 e. The van der Waals surface area contributed by atoms with Gasteiger partial charge in [0, 0.05) is 31.1 Å². The van der Waals surface area contributed by atoms with Gasteiger partial charge in [0.15, 0.2) is 0 Å². The van der Waals surface area contributed by atoms with Crippen molar-refractivity contribution < 1.29 is 4.79 Å². The van der Waals surface area contributed by atoms with Gasteiger partial charge in [-0.05, 0) is 48.1 Å². The number of rotatable bonds is 2. The number of nitrogens with zero attached hydrogens (tertiary/aromatic N) is 1. The predicted molar refractivity (Wildman–Crippen MR) is 87.1 cm³/mol. The number of piperidine rings is 3. The van der Waals surface area contributed by atoms with Crippen LogP contribution in [0.2, 0.25) is 0 Å². The first kappa shape index (κ1) is 12.6. The smallest absolute Gasteiger partial charge is 0.261 e. The van der Waals surface area contributed by atoms with Crippen LogP contribution in [0.3, 0.4) is 0 Å². The van der Waals surface area contributed by atoms with Crippen molar-refractivity contribution in [2.45, 2.75) is 18.9 Å². The van der Waals surface area contributed by atoms with E-state index in [9.17, 15) is 4.79 Å². The molecule has 4 aliphatic rings. The molecule has 1 N–H and O–H groups in total. The normalized spacial score (nSPS) is 37.2. The molecule has 21 heavy (non-hydrogen) atoms. The highest BCUT2D eigenvalue weighted by atomic mass is 32.2. The predicted octanol–water partition coefficient (Wildman–Crippen LogP) is 3.03. The van der Waals surface area contributed by atoms with Gasteiger partial charge in [0.1, 0.15) is 0 Å². The Bertz CT molecular complexity index is 648. The van der Waals surface area contributed by atoms with Gasteiger partial charge in [-0.2, -0.15) is 0 Å². The lowest BCUT2D eigenvalue weighted by Crippen LogP contribution is -2.64. The summed E-state index contributed by atoms with van der Waals surface area (Å²) < 4.78 is 1.26. The molecule has 6 rings (SSSR count). The molecule has 1 amide bonds. The van der Waals surface area contributed by atoms with Crippen LogP contribution in [0, 0.1) is 17.8 Å². The second kappa shape index (κ2) is 4.54. The molecule has 5 heteroatoms. The first-order chi connectivity index (χ1) is 10.3. The van der Waals surface area contributed by atoms with Crippen molar-refractivity contribution in [3.8, 4) is 0 Å². The SMILES string of the molecule is O=C(NC1[C@@H]2CC3C[C@@H]1CN(C3)C2)c1cc2ccsc2s1. The quantitative estimate of drug-likeness (QED) is 0.923. The molecule has 0 aromatic carbocycles. The molecule has 0 radical (unpaired) electrons. The van der Waals surface area contributed by atoms with Gasteiger partial charge >= 0.3 is 0 Å². The molecule has 1 saturated carbocycles. The Balaban J connectivity index is 1.37. The number of carbonyl (C=O) groups is 1. The van der Waals surface area contributed by atoms with Gasteiger partial charge < -0.3 is 10.2 Å². The van der Waals surface area contributed by atoms with E-state index < -0.39 is 0 Å². The zero-order valence-corrected chi connectivity index (χ0v) is 13.4. The van der Waals surface area contributed by atoms with Gasteiger partial charge in [-0.3, -0.25) is 4.79 Å². The highest BCUT2D eigenvalue weighted by Crippen LogP contribution is 2.43. The summed E-state index contributed by atoms with van der Waals surface area (Å²) in [6.45, 7) is 3.68. The summed E-state index contributed by atoms with van der Waals surface area (Å²) in [6.07, 6.45) is 2.63. The van der Waals surface area contributed by atoms with E-state index in [1.54, 1.807) is 22.7 Å². The maximum atomic E-state index is 12.6. The number of hydrogen-bond donors (Lipinski definition) is 1. The van der Waals surface area contributed by atoms with Crippen LogP contribution < -0.4 is 5.32 Å². The molecule has 2 aromatic heterocycles. The Hall–Kier alpha value is -0.910. The van der Waals surface area contributed by atoms with Crippen LogP contribution in [-0.2, 0) is 0 Å². The lowest BCUT2D eigenvalue weighted by Gasteiger charge is -2.55. The van der Waals surface area contributed by atoms with Crippen molar-refractivity contribution in [1.82, 2.24) is 10.2 Å². The van der Waals surface area contributed by atoms with Crippen molar-refractivity contribution in [1.29, 1.82) is 0 Å². The molecule has 110 valence electrons. The summed E-state index contributed by atoms with van der Waals surface area (Å²) in [5.74, 6) is 2.40. The van der Waals surface area contributed by atoms with Gasteiger partial charge in [0.2, 0.25) is 0 Å². The fourth-order valence-electron chi connectivity index (χ4n) is 4.74. The second-order valence-corrected chi connectivity index (χ2v) is 9.08. The molecule has 3 saturated heterocycles. The first-order valence-electron chi connectivity index (χ1n) is 7.76. The number of carbonyl (C=O) groups excluding carboxylic acids is 1. The maximum Gasteiger partial charge on any atom is 0.261 e. The van der Waals surface area contributed by atoms with Crippen LogP contribution in [0.5, 0.6) is 0 Å². The molecular weight excluding hydrogens is 300 g/mol. The minimum absolute atomic E-state index is 0.149. The van der Waals surface area contributed by atoms with E-state index >= 15 is 0 Å². The van der Waals surface area contributed by atoms with Crippen molar-refractivity contribution >= 4 is 38.0 Å². The first-order valence-corrected chi connectivity index (χ1v) is 9.46. The molecule has 3 nitrogen and oxygen atoms in total. The average Bonchev–Trinajstić information content (AvgIpc) is 3.02. The Morgan fingerprint density at radius 1 is 1.24 bits per heavy atom. The van der Waals surface area contributed by atoms with Crippen molar-refractivity contribution in [3.63, 3.8) is 0 Å². The van der Waals surface area contributed by atoms with Gasteiger partial charge in [0.25, 0.3) is 5.91 Å². The van der Waals surface area contributed by atoms with E-state index in [4.69, 9.17) is 0 Å². The van der Waals surface area contributed by atoms with Crippen LogP contribution in [0.1, 0.15) is 22.5 Å². The third-order valence-corrected chi connectivity index (χ3v) is 7.66. The van der Waals surface area contributed by atoms with E-state index in [-0.39, 0.29) is 5.91 Å². The summed E-state index contributed by atoms with van der Waals surface area (Å²) in [7, 11) is 0. The lowest BCUT2D eigenvalue weighted by molar-refractivity contribution is -0.0418. The van der Waals surface area contributed by atoms with Crippen molar-refractivity contribution in [3.05, 3.63) is 22.4 Å². The number of hydrogen-bond acceptors (Lipinski definition) is 4. The van der Waals surface area contributed by atoms with E-state index in [1.165, 1.54) is 41.9 Å². The Morgan fingerprint density at radius 2 is 2.05 bits per heavy atom. The van der Waals surface area contributed by atoms with E-state index in [0.717, 1.165) is 10.8 Å². The van der Waals surface area contributed by atoms with E-state index in [0.29, 0.717) is 17.9 Å². The van der Waals surface area contributed by atoms with Gasteiger partial charge in [-0.15, -0.1) is 22.7 Å². The third kappa shape index (κ3) is 1.98. The van der Waals surface area contributed by atoms with Gasteiger partial charge in [-0.25, -0.2) is 0 Å². The Kier molecular flexibility index (Phi) is 2.73. The summed E-state index contributed by atoms with van der Waals surface area (Å²) >= 11 is 3.36. The fraction of sp³-hybridized carbons (Fsp3) is 0.562. The molecule has 1 aliphatic carbocycles. The van der Waals surface area contributed by atoms with Crippen LogP contribution in [0.4, 0.5) is 0 Å². The second-order valence-electron chi connectivity index (χ2n) is 6.85. The molecule has 0 unspecified atom stereocenters. The Morgan fingerprint density at radius 3 is 2.76 bits per heavy atom. The molecule has 3 aliphatic heterocycles. The summed E-state index contributed by atoms with van der Waals surface area (Å²) in [5.41, 5.74) is 0. The zero-order valence-electron chi connectivity index (χ0n) is 11.7. The highest BCUT2D eigenvalue weighted by Gasteiger charge is 2.47. The van der Waals surface area contributed by atoms with Crippen molar-refractivity contribution in [2.75, 3.05) is 19.6 Å². The number of fused-ring (bicyclic) bond motifs is 1. The van der Waals surface area contributed by atoms with Gasteiger partial charge in [-0.1, -0.05) is 0 Å². The topological polar surface area (TPSA) is 32.3 Å². The van der Waals surface area contributed by atoms with E-state index in [2.05, 4.69) is 21.7 Å². The lowest BCUT2D eigenvalue weighted by atomic mass is 9.65. The van der Waals surface area contributed by atoms with Crippen LogP contribution in [0.15, 0.2) is 17.5 Å². The maximum absolute atomic E-state index is 12.6. The number of thiophene rings is 2. The fourth-order valence-corrected chi connectivity index (χ4v) is 6.76. The number of amides is 1. The van der Waals surface area contributed by atoms with Crippen LogP contribution in [0.25, 0.3) is 9.40 Å². The largest absolute Gasteiger partial charge is 0.348 e.